The van der Waals surface area contributed by atoms with E-state index in [9.17, 15) is 4.79 Å². The summed E-state index contributed by atoms with van der Waals surface area (Å²) in [5, 5.41) is 14.4. The Hall–Kier alpha value is -1.52. The number of hydrogen-bond donors (Lipinski definition) is 3. The number of carbonyl (C=O) groups is 1. The summed E-state index contributed by atoms with van der Waals surface area (Å²) in [5.74, 6) is 0.742. The second-order valence-corrected chi connectivity index (χ2v) is 9.33. The normalized spacial score (nSPS) is 13.2. The van der Waals surface area contributed by atoms with E-state index in [2.05, 4.69) is 48.7 Å². The lowest BCUT2D eigenvalue weighted by molar-refractivity contribution is 0.0452. The largest absolute Gasteiger partial charge is 0.444 e. The van der Waals surface area contributed by atoms with Crippen LogP contribution in [0.25, 0.3) is 0 Å². The van der Waals surface area contributed by atoms with Crippen LogP contribution >= 0.6 is 24.0 Å². The van der Waals surface area contributed by atoms with Crippen LogP contribution in [-0.4, -0.2) is 52.1 Å². The number of nitrogens with zero attached hydrogens (tertiary/aromatic N) is 3. The monoisotopic (exact) mass is 564 g/mol. The van der Waals surface area contributed by atoms with E-state index in [1.54, 1.807) is 0 Å². The molecule has 1 amide bonds. The van der Waals surface area contributed by atoms with E-state index in [-0.39, 0.29) is 30.0 Å². The summed E-state index contributed by atoms with van der Waals surface area (Å²) in [6, 6.07) is 0.177. The van der Waals surface area contributed by atoms with Crippen LogP contribution in [0.3, 0.4) is 0 Å². The molecule has 32 heavy (non-hydrogen) atoms. The van der Waals surface area contributed by atoms with Crippen molar-refractivity contribution in [2.45, 2.75) is 98.8 Å². The van der Waals surface area contributed by atoms with Crippen LogP contribution in [0, 0.1) is 13.8 Å². The predicted octanol–water partition coefficient (Wildman–Crippen LogP) is 4.22. The molecule has 1 unspecified atom stereocenters. The summed E-state index contributed by atoms with van der Waals surface area (Å²) in [6.45, 7) is 19.3. The molecule has 0 spiro atoms. The van der Waals surface area contributed by atoms with Crippen molar-refractivity contribution in [1.82, 2.24) is 25.7 Å². The molecule has 1 aromatic rings. The lowest BCUT2D eigenvalue weighted by Crippen LogP contribution is -2.52. The molecular formula is C23H45IN6O2. The van der Waals surface area contributed by atoms with Gasteiger partial charge in [0.2, 0.25) is 0 Å². The lowest BCUT2D eigenvalue weighted by atomic mass is 9.93. The van der Waals surface area contributed by atoms with Gasteiger partial charge < -0.3 is 20.7 Å². The Morgan fingerprint density at radius 2 is 1.78 bits per heavy atom. The number of alkyl carbamates (subject to hydrolysis) is 1. The fourth-order valence-corrected chi connectivity index (χ4v) is 3.46. The zero-order chi connectivity index (χ0) is 23.8. The second-order valence-electron chi connectivity index (χ2n) is 9.33. The standard InChI is InChI=1S/C23H44N6O2.HI/c1-11-23(12-2,27-21(30)31-22(7,8)9)15-25-20(24-13-3)26-16(4)14-19-17(5)28-29(10)18(19)6;/h16H,11-15H2,1-10H3,(H,27,30)(H2,24,25,26);1H. The maximum atomic E-state index is 12.4. The van der Waals surface area contributed by atoms with Crippen molar-refractivity contribution in [1.29, 1.82) is 0 Å². The third kappa shape index (κ3) is 9.54. The van der Waals surface area contributed by atoms with Crippen LogP contribution in [0.1, 0.15) is 78.3 Å². The molecule has 0 aliphatic carbocycles. The molecule has 0 bridgehead atoms. The van der Waals surface area contributed by atoms with E-state index in [1.165, 1.54) is 11.3 Å². The molecule has 0 aliphatic rings. The molecule has 1 heterocycles. The second kappa shape index (κ2) is 13.3. The van der Waals surface area contributed by atoms with Gasteiger partial charge in [-0.1, -0.05) is 13.8 Å². The Kier molecular flexibility index (Phi) is 12.6. The van der Waals surface area contributed by atoms with Crippen molar-refractivity contribution in [2.75, 3.05) is 13.1 Å². The smallest absolute Gasteiger partial charge is 0.408 e. The number of rotatable bonds is 9. The van der Waals surface area contributed by atoms with E-state index >= 15 is 0 Å². The van der Waals surface area contributed by atoms with Gasteiger partial charge in [0.15, 0.2) is 5.96 Å². The molecule has 0 aromatic carbocycles. The van der Waals surface area contributed by atoms with Crippen LogP contribution in [0.15, 0.2) is 4.99 Å². The molecule has 9 heteroatoms. The molecule has 3 N–H and O–H groups in total. The van der Waals surface area contributed by atoms with Crippen molar-refractivity contribution in [2.24, 2.45) is 12.0 Å². The average Bonchev–Trinajstić information content (AvgIpc) is 2.89. The Labute approximate surface area is 211 Å². The Morgan fingerprint density at radius 3 is 2.22 bits per heavy atom. The first kappa shape index (κ1) is 30.5. The van der Waals surface area contributed by atoms with Crippen LogP contribution in [0.2, 0.25) is 0 Å². The number of aliphatic imine (C=N–C) groups is 1. The van der Waals surface area contributed by atoms with Gasteiger partial charge in [0.05, 0.1) is 17.8 Å². The number of halogens is 1. The van der Waals surface area contributed by atoms with E-state index in [0.29, 0.717) is 6.54 Å². The first-order valence-corrected chi connectivity index (χ1v) is 11.4. The highest BCUT2D eigenvalue weighted by molar-refractivity contribution is 14.0. The molecule has 0 radical (unpaired) electrons. The maximum absolute atomic E-state index is 12.4. The van der Waals surface area contributed by atoms with Gasteiger partial charge in [-0.25, -0.2) is 4.79 Å². The fraction of sp³-hybridized carbons (Fsp3) is 0.783. The van der Waals surface area contributed by atoms with E-state index in [0.717, 1.165) is 37.5 Å². The molecule has 0 aliphatic heterocycles. The number of carbonyl (C=O) groups excluding carboxylic acids is 1. The highest BCUT2D eigenvalue weighted by atomic mass is 127. The molecule has 0 saturated heterocycles. The van der Waals surface area contributed by atoms with Gasteiger partial charge in [-0.3, -0.25) is 9.67 Å². The summed E-state index contributed by atoms with van der Waals surface area (Å²) in [4.78, 5) is 17.2. The van der Waals surface area contributed by atoms with Crippen molar-refractivity contribution in [3.05, 3.63) is 17.0 Å². The van der Waals surface area contributed by atoms with Gasteiger partial charge in [0, 0.05) is 25.3 Å². The molecule has 1 aromatic heterocycles. The number of ether oxygens (including phenoxy) is 1. The highest BCUT2D eigenvalue weighted by Crippen LogP contribution is 2.18. The minimum atomic E-state index is -0.533. The van der Waals surface area contributed by atoms with Crippen LogP contribution < -0.4 is 16.0 Å². The van der Waals surface area contributed by atoms with Crippen molar-refractivity contribution < 1.29 is 9.53 Å². The van der Waals surface area contributed by atoms with E-state index in [4.69, 9.17) is 9.73 Å². The lowest BCUT2D eigenvalue weighted by Gasteiger charge is -2.33. The average molecular weight is 565 g/mol. The topological polar surface area (TPSA) is 92.6 Å². The van der Waals surface area contributed by atoms with Gasteiger partial charge in [-0.2, -0.15) is 5.10 Å². The summed E-state index contributed by atoms with van der Waals surface area (Å²) in [6.07, 6.45) is 1.98. The summed E-state index contributed by atoms with van der Waals surface area (Å²) in [7, 11) is 1.97. The zero-order valence-corrected chi connectivity index (χ0v) is 24.0. The summed E-state index contributed by atoms with van der Waals surface area (Å²) < 4.78 is 7.40. The number of amides is 1. The third-order valence-electron chi connectivity index (χ3n) is 5.56. The number of nitrogens with one attached hydrogen (secondary N) is 3. The number of aromatic nitrogens is 2. The molecule has 1 rings (SSSR count). The van der Waals surface area contributed by atoms with Gasteiger partial charge in [-0.05, 0) is 73.3 Å². The first-order chi connectivity index (χ1) is 14.4. The first-order valence-electron chi connectivity index (χ1n) is 11.4. The summed E-state index contributed by atoms with van der Waals surface area (Å²) in [5.41, 5.74) is 2.53. The number of hydrogen-bond acceptors (Lipinski definition) is 4. The molecule has 8 nitrogen and oxygen atoms in total. The highest BCUT2D eigenvalue weighted by Gasteiger charge is 2.30. The van der Waals surface area contributed by atoms with Gasteiger partial charge in [0.25, 0.3) is 0 Å². The van der Waals surface area contributed by atoms with E-state index < -0.39 is 17.2 Å². The van der Waals surface area contributed by atoms with E-state index in [1.807, 2.05) is 46.3 Å². The maximum Gasteiger partial charge on any atom is 0.408 e. The zero-order valence-electron chi connectivity index (χ0n) is 21.7. The minimum absolute atomic E-state index is 0. The molecule has 0 fully saturated rings. The predicted molar refractivity (Wildman–Crippen MR) is 143 cm³/mol. The Morgan fingerprint density at radius 1 is 1.19 bits per heavy atom. The molecule has 1 atom stereocenters. The van der Waals surface area contributed by atoms with Crippen LogP contribution in [0.5, 0.6) is 0 Å². The molecule has 186 valence electrons. The quantitative estimate of drug-likeness (QED) is 0.237. The van der Waals surface area contributed by atoms with Crippen molar-refractivity contribution in [3.63, 3.8) is 0 Å². The third-order valence-corrected chi connectivity index (χ3v) is 5.56. The van der Waals surface area contributed by atoms with Crippen LogP contribution in [0.4, 0.5) is 4.79 Å². The fourth-order valence-electron chi connectivity index (χ4n) is 3.46. The SMILES string of the molecule is CCNC(=NCC(CC)(CC)NC(=O)OC(C)(C)C)NC(C)Cc1c(C)nn(C)c1C.I. The minimum Gasteiger partial charge on any atom is -0.444 e. The Bertz CT molecular complexity index is 750. The Balaban J connectivity index is 0.00000961. The number of guanidine groups is 1. The van der Waals surface area contributed by atoms with Gasteiger partial charge in [0.1, 0.15) is 5.60 Å². The number of aryl methyl sites for hydroxylation is 2. The van der Waals surface area contributed by atoms with Gasteiger partial charge >= 0.3 is 6.09 Å². The molecular weight excluding hydrogens is 519 g/mol. The van der Waals surface area contributed by atoms with Crippen molar-refractivity contribution in [3.8, 4) is 0 Å². The summed E-state index contributed by atoms with van der Waals surface area (Å²) >= 11 is 0. The van der Waals surface area contributed by atoms with Gasteiger partial charge in [-0.15, -0.1) is 24.0 Å². The van der Waals surface area contributed by atoms with Crippen LogP contribution in [-0.2, 0) is 18.2 Å². The van der Waals surface area contributed by atoms with Crippen molar-refractivity contribution >= 4 is 36.0 Å². The molecule has 0 saturated carbocycles.